The van der Waals surface area contributed by atoms with Crippen molar-refractivity contribution in [2.75, 3.05) is 5.32 Å². The monoisotopic (exact) mass is 378 g/mol. The molecular formula is C19H17F3N2O3. The molecule has 0 atom stereocenters. The molecule has 3 aromatic rings. The van der Waals surface area contributed by atoms with Gasteiger partial charge in [0.25, 0.3) is 0 Å². The Morgan fingerprint density at radius 2 is 1.81 bits per heavy atom. The molecule has 0 spiro atoms. The molecule has 0 aliphatic heterocycles. The van der Waals surface area contributed by atoms with Crippen LogP contribution in [-0.2, 0) is 11.2 Å². The van der Waals surface area contributed by atoms with Crippen molar-refractivity contribution in [1.29, 1.82) is 0 Å². The molecule has 0 saturated heterocycles. The van der Waals surface area contributed by atoms with Crippen LogP contribution in [0, 0.1) is 17.5 Å². The summed E-state index contributed by atoms with van der Waals surface area (Å²) < 4.78 is 37.1. The molecule has 3 N–H and O–H groups in total. The van der Waals surface area contributed by atoms with Crippen LogP contribution in [0.1, 0.15) is 29.4 Å². The largest absolute Gasteiger partial charge is 0.477 e. The predicted molar refractivity (Wildman–Crippen MR) is 95.3 cm³/mol. The number of fused-ring (bicyclic) bond motifs is 1. The van der Waals surface area contributed by atoms with Crippen molar-refractivity contribution in [3.63, 3.8) is 0 Å². The SMILES string of the molecule is CCCc1c(C(=O)O)[nH]c2ccccc12.O=CNc1cc(F)c(F)c(F)c1. The van der Waals surface area contributed by atoms with E-state index in [2.05, 4.69) is 4.98 Å². The van der Waals surface area contributed by atoms with E-state index in [0.717, 1.165) is 29.3 Å². The van der Waals surface area contributed by atoms with Crippen LogP contribution in [0.25, 0.3) is 10.9 Å². The first-order valence-electron chi connectivity index (χ1n) is 8.06. The number of carboxylic acids is 1. The standard InChI is InChI=1S/C12H13NO2.C7H4F3NO/c1-2-5-9-8-6-3-4-7-10(8)13-11(9)12(14)15;8-5-1-4(11-3-12)2-6(9)7(5)10/h3-4,6-7,13H,2,5H2,1H3,(H,14,15);1-3H,(H,11,12). The fourth-order valence-electron chi connectivity index (χ4n) is 2.60. The minimum atomic E-state index is -1.55. The number of hydrogen-bond donors (Lipinski definition) is 3. The number of aromatic amines is 1. The first-order valence-corrected chi connectivity index (χ1v) is 8.06. The molecule has 0 aliphatic rings. The van der Waals surface area contributed by atoms with Gasteiger partial charge >= 0.3 is 5.97 Å². The molecule has 1 aromatic heterocycles. The summed E-state index contributed by atoms with van der Waals surface area (Å²) in [4.78, 5) is 23.8. The molecule has 0 saturated carbocycles. The molecule has 0 fully saturated rings. The van der Waals surface area contributed by atoms with Crippen LogP contribution >= 0.6 is 0 Å². The summed E-state index contributed by atoms with van der Waals surface area (Å²) in [5.41, 5.74) is 2.03. The van der Waals surface area contributed by atoms with E-state index >= 15 is 0 Å². The number of H-pyrrole nitrogens is 1. The van der Waals surface area contributed by atoms with Crippen molar-refractivity contribution in [1.82, 2.24) is 4.98 Å². The minimum absolute atomic E-state index is 0.124. The minimum Gasteiger partial charge on any atom is -0.477 e. The lowest BCUT2D eigenvalue weighted by molar-refractivity contribution is -0.105. The molecule has 5 nitrogen and oxygen atoms in total. The van der Waals surface area contributed by atoms with Gasteiger partial charge in [0.15, 0.2) is 17.5 Å². The third-order valence-corrected chi connectivity index (χ3v) is 3.74. The lowest BCUT2D eigenvalue weighted by atomic mass is 10.1. The summed E-state index contributed by atoms with van der Waals surface area (Å²) in [6.07, 6.45) is 1.99. The molecule has 142 valence electrons. The van der Waals surface area contributed by atoms with Crippen LogP contribution in [0.2, 0.25) is 0 Å². The average molecular weight is 378 g/mol. The number of carbonyl (C=O) groups is 2. The van der Waals surface area contributed by atoms with E-state index < -0.39 is 23.4 Å². The Morgan fingerprint density at radius 3 is 2.37 bits per heavy atom. The number of carboxylic acid groups (broad SMARTS) is 1. The van der Waals surface area contributed by atoms with Gasteiger partial charge in [-0.2, -0.15) is 0 Å². The van der Waals surface area contributed by atoms with Gasteiger partial charge in [-0.3, -0.25) is 4.79 Å². The maximum atomic E-state index is 12.4. The fourth-order valence-corrected chi connectivity index (χ4v) is 2.60. The van der Waals surface area contributed by atoms with Crippen LogP contribution in [0.5, 0.6) is 0 Å². The molecular weight excluding hydrogens is 361 g/mol. The second-order valence-electron chi connectivity index (χ2n) is 5.60. The number of halogens is 3. The molecule has 0 aliphatic carbocycles. The van der Waals surface area contributed by atoms with Crippen LogP contribution in [-0.4, -0.2) is 22.5 Å². The number of aromatic nitrogens is 1. The van der Waals surface area contributed by atoms with Crippen molar-refractivity contribution in [2.24, 2.45) is 0 Å². The van der Waals surface area contributed by atoms with Crippen molar-refractivity contribution in [3.8, 4) is 0 Å². The van der Waals surface area contributed by atoms with Gasteiger partial charge in [-0.15, -0.1) is 0 Å². The third-order valence-electron chi connectivity index (χ3n) is 3.74. The van der Waals surface area contributed by atoms with Crippen molar-refractivity contribution >= 4 is 29.0 Å². The molecule has 27 heavy (non-hydrogen) atoms. The van der Waals surface area contributed by atoms with Gasteiger partial charge in [0.2, 0.25) is 6.41 Å². The zero-order valence-electron chi connectivity index (χ0n) is 14.4. The maximum absolute atomic E-state index is 12.4. The lowest BCUT2D eigenvalue weighted by Crippen LogP contribution is -2.00. The van der Waals surface area contributed by atoms with Gasteiger partial charge in [-0.1, -0.05) is 31.5 Å². The zero-order chi connectivity index (χ0) is 20.0. The molecule has 1 heterocycles. The number of rotatable bonds is 5. The highest BCUT2D eigenvalue weighted by molar-refractivity contribution is 5.97. The third kappa shape index (κ3) is 4.66. The van der Waals surface area contributed by atoms with E-state index in [1.807, 2.05) is 36.5 Å². The molecule has 0 bridgehead atoms. The van der Waals surface area contributed by atoms with Crippen LogP contribution < -0.4 is 5.32 Å². The molecule has 1 amide bonds. The summed E-state index contributed by atoms with van der Waals surface area (Å²) in [5.74, 6) is -5.10. The Kier molecular flexibility index (Phi) is 6.59. The molecule has 2 aromatic carbocycles. The summed E-state index contributed by atoms with van der Waals surface area (Å²) in [7, 11) is 0. The molecule has 8 heteroatoms. The number of hydrogen-bond acceptors (Lipinski definition) is 2. The van der Waals surface area contributed by atoms with Gasteiger partial charge < -0.3 is 15.4 Å². The van der Waals surface area contributed by atoms with Crippen LogP contribution in [0.3, 0.4) is 0 Å². The average Bonchev–Trinajstić information content (AvgIpc) is 3.00. The number of aromatic carboxylic acids is 1. The van der Waals surface area contributed by atoms with E-state index in [4.69, 9.17) is 5.11 Å². The second kappa shape index (κ2) is 8.88. The van der Waals surface area contributed by atoms with Crippen molar-refractivity contribution in [2.45, 2.75) is 19.8 Å². The Morgan fingerprint density at radius 1 is 1.19 bits per heavy atom. The summed E-state index contributed by atoms with van der Waals surface area (Å²) in [5, 5.41) is 12.1. The Bertz CT molecular complexity index is 947. The maximum Gasteiger partial charge on any atom is 0.352 e. The first kappa shape index (κ1) is 20.0. The Labute approximate surface area is 152 Å². The van der Waals surface area contributed by atoms with E-state index in [0.29, 0.717) is 17.8 Å². The summed E-state index contributed by atoms with van der Waals surface area (Å²) in [6.45, 7) is 2.05. The number of benzene rings is 2. The Hall–Kier alpha value is -3.29. The number of aryl methyl sites for hydroxylation is 1. The second-order valence-corrected chi connectivity index (χ2v) is 5.60. The topological polar surface area (TPSA) is 82.2 Å². The highest BCUT2D eigenvalue weighted by Crippen LogP contribution is 2.23. The molecule has 3 rings (SSSR count). The van der Waals surface area contributed by atoms with E-state index in [9.17, 15) is 22.8 Å². The van der Waals surface area contributed by atoms with Gasteiger partial charge in [0.1, 0.15) is 5.69 Å². The van der Waals surface area contributed by atoms with Crippen LogP contribution in [0.4, 0.5) is 18.9 Å². The smallest absolute Gasteiger partial charge is 0.352 e. The normalized spacial score (nSPS) is 10.2. The quantitative estimate of drug-likeness (QED) is 0.452. The molecule has 0 radical (unpaired) electrons. The summed E-state index contributed by atoms with van der Waals surface area (Å²) >= 11 is 0. The number of para-hydroxylation sites is 1. The lowest BCUT2D eigenvalue weighted by Gasteiger charge is -1.99. The molecule has 0 unspecified atom stereocenters. The number of nitrogens with one attached hydrogen (secondary N) is 2. The highest BCUT2D eigenvalue weighted by atomic mass is 19.2. The fraction of sp³-hybridized carbons (Fsp3) is 0.158. The Balaban J connectivity index is 0.000000199. The van der Waals surface area contributed by atoms with E-state index in [1.165, 1.54) is 0 Å². The highest BCUT2D eigenvalue weighted by Gasteiger charge is 2.15. The van der Waals surface area contributed by atoms with Crippen molar-refractivity contribution < 1.29 is 27.9 Å². The predicted octanol–water partition coefficient (Wildman–Crippen LogP) is 4.49. The van der Waals surface area contributed by atoms with E-state index in [1.54, 1.807) is 0 Å². The number of amides is 1. The summed E-state index contributed by atoms with van der Waals surface area (Å²) in [6, 6.07) is 9.07. The first-order chi connectivity index (χ1) is 12.9. The van der Waals surface area contributed by atoms with E-state index in [-0.39, 0.29) is 12.1 Å². The number of carbonyl (C=O) groups excluding carboxylic acids is 1. The van der Waals surface area contributed by atoms with Crippen LogP contribution in [0.15, 0.2) is 36.4 Å². The van der Waals surface area contributed by atoms with Gasteiger partial charge in [-0.25, -0.2) is 18.0 Å². The zero-order valence-corrected chi connectivity index (χ0v) is 14.4. The van der Waals surface area contributed by atoms with Gasteiger partial charge in [-0.05, 0) is 18.1 Å². The number of anilines is 1. The van der Waals surface area contributed by atoms with Gasteiger partial charge in [0.05, 0.1) is 0 Å². The van der Waals surface area contributed by atoms with Gasteiger partial charge in [0, 0.05) is 28.7 Å². The van der Waals surface area contributed by atoms with Crippen molar-refractivity contribution in [3.05, 3.63) is 65.1 Å².